The van der Waals surface area contributed by atoms with Crippen molar-refractivity contribution in [1.29, 1.82) is 0 Å². The van der Waals surface area contributed by atoms with Gasteiger partial charge in [-0.25, -0.2) is 0 Å². The number of hydrogen-bond acceptors (Lipinski definition) is 21. The molecule has 0 aromatic rings. The maximum absolute atomic E-state index is 10.7. The highest BCUT2D eigenvalue weighted by atomic mass is 16.8. The highest BCUT2D eigenvalue weighted by molar-refractivity contribution is 4.95. The Morgan fingerprint density at radius 3 is 1.53 bits per heavy atom. The first-order chi connectivity index (χ1) is 21.2. The fourth-order valence-electron chi connectivity index (χ4n) is 4.93. The van der Waals surface area contributed by atoms with Crippen molar-refractivity contribution in [3.8, 4) is 0 Å². The summed E-state index contributed by atoms with van der Waals surface area (Å²) in [6.45, 7) is -4.10. The molecule has 3 aliphatic heterocycles. The van der Waals surface area contributed by atoms with Gasteiger partial charge in [0.25, 0.3) is 0 Å². The molecular weight excluding hydrogens is 624 g/mol. The molecule has 21 heteroatoms. The third-order valence-electron chi connectivity index (χ3n) is 7.81. The van der Waals surface area contributed by atoms with Crippen molar-refractivity contribution in [2.24, 2.45) is 0 Å². The molecule has 0 amide bonds. The van der Waals surface area contributed by atoms with Crippen LogP contribution in [0.5, 0.6) is 0 Å². The predicted molar refractivity (Wildman–Crippen MR) is 136 cm³/mol. The monoisotopic (exact) mass is 668 g/mol. The molecule has 15 N–H and O–H groups in total. The molecule has 45 heavy (non-hydrogen) atoms. The Kier molecular flexibility index (Phi) is 14.6. The average Bonchev–Trinajstić information content (AvgIpc) is 3.04. The van der Waals surface area contributed by atoms with Gasteiger partial charge in [0.2, 0.25) is 0 Å². The molecule has 0 spiro atoms. The van der Waals surface area contributed by atoms with Crippen LogP contribution in [0.15, 0.2) is 0 Å². The minimum Gasteiger partial charge on any atom is -0.394 e. The maximum Gasteiger partial charge on any atom is 0.187 e. The van der Waals surface area contributed by atoms with E-state index in [0.717, 1.165) is 0 Å². The second kappa shape index (κ2) is 17.0. The Bertz CT molecular complexity index is 869. The van der Waals surface area contributed by atoms with E-state index in [1.807, 2.05) is 0 Å². The lowest BCUT2D eigenvalue weighted by molar-refractivity contribution is -0.364. The van der Waals surface area contributed by atoms with E-state index >= 15 is 0 Å². The minimum atomic E-state index is -2.01. The van der Waals surface area contributed by atoms with Crippen molar-refractivity contribution < 1.29 is 105 Å². The van der Waals surface area contributed by atoms with Crippen LogP contribution in [0.4, 0.5) is 0 Å². The van der Waals surface area contributed by atoms with Crippen molar-refractivity contribution in [3.05, 3.63) is 0 Å². The molecule has 0 bridgehead atoms. The van der Waals surface area contributed by atoms with Crippen molar-refractivity contribution in [2.45, 2.75) is 117 Å². The van der Waals surface area contributed by atoms with Gasteiger partial charge in [-0.2, -0.15) is 0 Å². The fourth-order valence-corrected chi connectivity index (χ4v) is 4.93. The first-order valence-electron chi connectivity index (χ1n) is 14.0. The summed E-state index contributed by atoms with van der Waals surface area (Å²) in [5.41, 5.74) is 0. The van der Waals surface area contributed by atoms with Crippen molar-refractivity contribution >= 4 is 0 Å². The van der Waals surface area contributed by atoms with Gasteiger partial charge in [0.15, 0.2) is 18.9 Å². The van der Waals surface area contributed by atoms with E-state index in [1.54, 1.807) is 0 Å². The Morgan fingerprint density at radius 2 is 0.956 bits per heavy atom. The molecule has 0 aliphatic carbocycles. The van der Waals surface area contributed by atoms with E-state index < -0.39 is 150 Å². The molecule has 3 heterocycles. The molecule has 0 aromatic carbocycles. The van der Waals surface area contributed by atoms with Crippen LogP contribution in [0.1, 0.15) is 0 Å². The molecule has 0 saturated carbocycles. The molecular formula is C24H44O21. The van der Waals surface area contributed by atoms with Gasteiger partial charge in [-0.3, -0.25) is 0 Å². The number of ether oxygens (including phenoxy) is 6. The van der Waals surface area contributed by atoms with Gasteiger partial charge in [0.1, 0.15) is 97.7 Å². The van der Waals surface area contributed by atoms with Crippen LogP contribution in [0.3, 0.4) is 0 Å². The Labute approximate surface area is 255 Å². The Morgan fingerprint density at radius 1 is 0.489 bits per heavy atom. The highest BCUT2D eigenvalue weighted by Crippen LogP contribution is 2.30. The zero-order valence-corrected chi connectivity index (χ0v) is 23.7. The van der Waals surface area contributed by atoms with Crippen LogP contribution in [-0.4, -0.2) is 226 Å². The lowest BCUT2D eigenvalue weighted by Crippen LogP contribution is -2.65. The van der Waals surface area contributed by atoms with E-state index in [9.17, 15) is 71.5 Å². The smallest absolute Gasteiger partial charge is 0.187 e. The van der Waals surface area contributed by atoms with E-state index in [4.69, 9.17) is 33.5 Å². The number of rotatable bonds is 14. The zero-order chi connectivity index (χ0) is 33.7. The summed E-state index contributed by atoms with van der Waals surface area (Å²) in [6, 6.07) is 0. The summed E-state index contributed by atoms with van der Waals surface area (Å²) in [6.07, 6.45) is -33.7. The highest BCUT2D eigenvalue weighted by Gasteiger charge is 2.51. The van der Waals surface area contributed by atoms with E-state index in [2.05, 4.69) is 0 Å². The third kappa shape index (κ3) is 8.80. The van der Waals surface area contributed by atoms with Crippen LogP contribution < -0.4 is 0 Å². The Balaban J connectivity index is 1.60. The van der Waals surface area contributed by atoms with Gasteiger partial charge in [-0.05, 0) is 0 Å². The van der Waals surface area contributed by atoms with Gasteiger partial charge in [-0.1, -0.05) is 0 Å². The van der Waals surface area contributed by atoms with Crippen LogP contribution >= 0.6 is 0 Å². The largest absolute Gasteiger partial charge is 0.394 e. The van der Waals surface area contributed by atoms with Gasteiger partial charge < -0.3 is 105 Å². The molecule has 3 aliphatic rings. The van der Waals surface area contributed by atoms with Gasteiger partial charge in [-0.15, -0.1) is 0 Å². The molecule has 3 rings (SSSR count). The zero-order valence-electron chi connectivity index (χ0n) is 23.7. The topological polar surface area (TPSA) is 359 Å². The molecule has 0 radical (unpaired) electrons. The van der Waals surface area contributed by atoms with E-state index in [0.29, 0.717) is 0 Å². The second-order valence-electron chi connectivity index (χ2n) is 11.0. The van der Waals surface area contributed by atoms with Gasteiger partial charge in [0.05, 0.1) is 33.0 Å². The van der Waals surface area contributed by atoms with Crippen LogP contribution in [-0.2, 0) is 28.4 Å². The fraction of sp³-hybridized carbons (Fsp3) is 1.00. The molecule has 3 saturated heterocycles. The molecule has 266 valence electrons. The summed E-state index contributed by atoms with van der Waals surface area (Å²) >= 11 is 0. The minimum absolute atomic E-state index is 0.706. The summed E-state index contributed by atoms with van der Waals surface area (Å²) in [5, 5.41) is 150. The van der Waals surface area contributed by atoms with Crippen molar-refractivity contribution in [3.63, 3.8) is 0 Å². The Hall–Kier alpha value is -0.840. The normalized spacial score (nSPS) is 45.5. The van der Waals surface area contributed by atoms with Crippen molar-refractivity contribution in [1.82, 2.24) is 0 Å². The van der Waals surface area contributed by atoms with E-state index in [1.165, 1.54) is 0 Å². The van der Waals surface area contributed by atoms with Gasteiger partial charge >= 0.3 is 0 Å². The lowest BCUT2D eigenvalue weighted by Gasteiger charge is -2.46. The number of hydrogen-bond donors (Lipinski definition) is 15. The first-order valence-corrected chi connectivity index (χ1v) is 14.0. The van der Waals surface area contributed by atoms with Crippen LogP contribution in [0, 0.1) is 0 Å². The quantitative estimate of drug-likeness (QED) is 0.0816. The third-order valence-corrected chi connectivity index (χ3v) is 7.81. The van der Waals surface area contributed by atoms with Crippen LogP contribution in [0.2, 0.25) is 0 Å². The van der Waals surface area contributed by atoms with Gasteiger partial charge in [0, 0.05) is 0 Å². The van der Waals surface area contributed by atoms with E-state index in [-0.39, 0.29) is 0 Å². The number of aliphatic hydroxyl groups is 15. The molecule has 21 nitrogen and oxygen atoms in total. The molecule has 3 fully saturated rings. The SMILES string of the molecule is OC[C@H](O)[C@@H](O)[C@@H](O)[C@H](O)CO[C@H]1O[C@H](CO[C@@H]2O[C@H](CO)[C@@H](O[C@@H]3O[C@H](CO)[C@@H](O)[C@H](O)[C@H]3O)[C@@H](O)[C@H]2O)[C@@H](O)[C@H](O)[C@H]1O. The molecule has 0 aromatic heterocycles. The first kappa shape index (κ1) is 38.6. The summed E-state index contributed by atoms with van der Waals surface area (Å²) in [5.74, 6) is 0. The summed E-state index contributed by atoms with van der Waals surface area (Å²) in [7, 11) is 0. The average molecular weight is 669 g/mol. The molecule has 0 unspecified atom stereocenters. The summed E-state index contributed by atoms with van der Waals surface area (Å²) in [4.78, 5) is 0. The standard InChI is InChI=1S/C24H44O21/c25-1-6(28)11(30)12(31)7(29)4-40-22-18(37)16(35)14(33)10(44-22)5-41-23-20(39)17(36)21(9(3-27)43-23)45-24-19(38)15(34)13(32)8(2-26)42-24/h6-39H,1-5H2/t6-,7+,8+,9+,10+,11+,12-,13+,14+,15-,16-,17-,18+,19+,20+,21+,22-,23+,24-/m0/s1. The second-order valence-corrected chi connectivity index (χ2v) is 11.0. The lowest BCUT2D eigenvalue weighted by atomic mass is 9.97. The maximum atomic E-state index is 10.7. The predicted octanol–water partition coefficient (Wildman–Crippen LogP) is -10.1. The van der Waals surface area contributed by atoms with Crippen molar-refractivity contribution in [2.75, 3.05) is 33.0 Å². The van der Waals surface area contributed by atoms with Crippen LogP contribution in [0.25, 0.3) is 0 Å². The number of aliphatic hydroxyl groups excluding tert-OH is 15. The summed E-state index contributed by atoms with van der Waals surface area (Å²) < 4.78 is 32.1. The molecule has 19 atom stereocenters.